The normalized spacial score (nSPS) is 23.2. The SMILES string of the molecule is COc1cccc([C@H]2CN(CC(=O)O)C[C@@H]2N(C)C)c1. The Morgan fingerprint density at radius 2 is 2.20 bits per heavy atom. The maximum absolute atomic E-state index is 10.9. The van der Waals surface area contributed by atoms with Gasteiger partial charge in [-0.2, -0.15) is 0 Å². The molecule has 2 rings (SSSR count). The summed E-state index contributed by atoms with van der Waals surface area (Å²) < 4.78 is 5.28. The fourth-order valence-corrected chi connectivity index (χ4v) is 2.91. The van der Waals surface area contributed by atoms with Crippen molar-refractivity contribution in [2.24, 2.45) is 0 Å². The average Bonchev–Trinajstić information content (AvgIpc) is 2.82. The summed E-state index contributed by atoms with van der Waals surface area (Å²) in [7, 11) is 5.75. The third-order valence-corrected chi connectivity index (χ3v) is 3.91. The Morgan fingerprint density at radius 3 is 2.80 bits per heavy atom. The van der Waals surface area contributed by atoms with Gasteiger partial charge in [-0.15, -0.1) is 0 Å². The number of nitrogens with zero attached hydrogens (tertiary/aromatic N) is 2. The molecule has 1 saturated heterocycles. The third kappa shape index (κ3) is 3.29. The third-order valence-electron chi connectivity index (χ3n) is 3.91. The smallest absolute Gasteiger partial charge is 0.317 e. The molecule has 1 aliphatic rings. The summed E-state index contributed by atoms with van der Waals surface area (Å²) in [6, 6.07) is 8.37. The number of rotatable bonds is 5. The van der Waals surface area contributed by atoms with E-state index in [1.807, 2.05) is 37.2 Å². The quantitative estimate of drug-likeness (QED) is 0.874. The molecule has 5 heteroatoms. The largest absolute Gasteiger partial charge is 0.497 e. The summed E-state index contributed by atoms with van der Waals surface area (Å²) in [5.41, 5.74) is 1.20. The molecular weight excluding hydrogens is 256 g/mol. The molecule has 0 unspecified atom stereocenters. The minimum atomic E-state index is -0.770. The summed E-state index contributed by atoms with van der Waals surface area (Å²) in [4.78, 5) is 15.1. The summed E-state index contributed by atoms with van der Waals surface area (Å²) in [5, 5.41) is 8.96. The van der Waals surface area contributed by atoms with Crippen LogP contribution in [0.3, 0.4) is 0 Å². The highest BCUT2D eigenvalue weighted by atomic mass is 16.5. The topological polar surface area (TPSA) is 53.0 Å². The second-order valence-corrected chi connectivity index (χ2v) is 5.50. The monoisotopic (exact) mass is 278 g/mol. The van der Waals surface area contributed by atoms with E-state index < -0.39 is 5.97 Å². The molecule has 0 aromatic heterocycles. The van der Waals surface area contributed by atoms with Crippen LogP contribution in [0.5, 0.6) is 5.75 Å². The summed E-state index contributed by atoms with van der Waals surface area (Å²) in [6.07, 6.45) is 0. The zero-order chi connectivity index (χ0) is 14.7. The molecule has 20 heavy (non-hydrogen) atoms. The van der Waals surface area contributed by atoms with Gasteiger partial charge in [-0.3, -0.25) is 9.69 Å². The van der Waals surface area contributed by atoms with Gasteiger partial charge in [-0.05, 0) is 31.8 Å². The van der Waals surface area contributed by atoms with Gasteiger partial charge in [0.2, 0.25) is 0 Å². The molecule has 1 heterocycles. The highest BCUT2D eigenvalue weighted by molar-refractivity contribution is 5.69. The second-order valence-electron chi connectivity index (χ2n) is 5.50. The Labute approximate surface area is 119 Å². The van der Waals surface area contributed by atoms with E-state index >= 15 is 0 Å². The second kappa shape index (κ2) is 6.24. The molecule has 2 atom stereocenters. The molecule has 1 fully saturated rings. The van der Waals surface area contributed by atoms with E-state index in [9.17, 15) is 4.79 Å². The van der Waals surface area contributed by atoms with Crippen molar-refractivity contribution in [1.82, 2.24) is 9.80 Å². The van der Waals surface area contributed by atoms with Crippen LogP contribution in [0.2, 0.25) is 0 Å². The van der Waals surface area contributed by atoms with Crippen LogP contribution in [-0.2, 0) is 4.79 Å². The van der Waals surface area contributed by atoms with Crippen molar-refractivity contribution in [2.75, 3.05) is 40.8 Å². The number of aliphatic carboxylic acids is 1. The van der Waals surface area contributed by atoms with Crippen molar-refractivity contribution in [3.05, 3.63) is 29.8 Å². The zero-order valence-corrected chi connectivity index (χ0v) is 12.2. The van der Waals surface area contributed by atoms with Crippen LogP contribution >= 0.6 is 0 Å². The van der Waals surface area contributed by atoms with Gasteiger partial charge in [0.25, 0.3) is 0 Å². The number of hydrogen-bond donors (Lipinski definition) is 1. The maximum Gasteiger partial charge on any atom is 0.317 e. The number of likely N-dealkylation sites (N-methyl/N-ethyl adjacent to an activating group) is 1. The van der Waals surface area contributed by atoms with Gasteiger partial charge < -0.3 is 14.7 Å². The number of ether oxygens (including phenoxy) is 1. The lowest BCUT2D eigenvalue weighted by Gasteiger charge is -2.25. The lowest BCUT2D eigenvalue weighted by Crippen LogP contribution is -2.35. The Kier molecular flexibility index (Phi) is 4.62. The fourth-order valence-electron chi connectivity index (χ4n) is 2.91. The Morgan fingerprint density at radius 1 is 1.45 bits per heavy atom. The van der Waals surface area contributed by atoms with E-state index in [-0.39, 0.29) is 6.54 Å². The Balaban J connectivity index is 2.20. The number of benzene rings is 1. The van der Waals surface area contributed by atoms with Crippen molar-refractivity contribution in [3.8, 4) is 5.75 Å². The zero-order valence-electron chi connectivity index (χ0n) is 12.2. The lowest BCUT2D eigenvalue weighted by atomic mass is 9.93. The van der Waals surface area contributed by atoms with E-state index in [2.05, 4.69) is 11.0 Å². The molecule has 1 N–H and O–H groups in total. The van der Waals surface area contributed by atoms with Gasteiger partial charge in [0.1, 0.15) is 5.75 Å². The summed E-state index contributed by atoms with van der Waals surface area (Å²) in [6.45, 7) is 1.65. The van der Waals surface area contributed by atoms with E-state index in [1.165, 1.54) is 5.56 Å². The molecule has 0 saturated carbocycles. The number of carbonyl (C=O) groups is 1. The Hall–Kier alpha value is -1.59. The first kappa shape index (κ1) is 14.8. The van der Waals surface area contributed by atoms with Gasteiger partial charge >= 0.3 is 5.97 Å². The molecule has 0 amide bonds. The predicted molar refractivity (Wildman–Crippen MR) is 77.3 cm³/mol. The highest BCUT2D eigenvalue weighted by Gasteiger charge is 2.35. The minimum Gasteiger partial charge on any atom is -0.497 e. The highest BCUT2D eigenvalue weighted by Crippen LogP contribution is 2.31. The predicted octanol–water partition coefficient (Wildman–Crippen LogP) is 1.11. The van der Waals surface area contributed by atoms with Gasteiger partial charge in [0, 0.05) is 25.0 Å². The van der Waals surface area contributed by atoms with Gasteiger partial charge in [0.15, 0.2) is 0 Å². The molecule has 110 valence electrons. The van der Waals surface area contributed by atoms with Crippen LogP contribution in [-0.4, -0.2) is 67.8 Å². The van der Waals surface area contributed by atoms with Crippen molar-refractivity contribution in [1.29, 1.82) is 0 Å². The van der Waals surface area contributed by atoms with Gasteiger partial charge in [-0.25, -0.2) is 0 Å². The first-order valence-corrected chi connectivity index (χ1v) is 6.75. The van der Waals surface area contributed by atoms with Crippen molar-refractivity contribution < 1.29 is 14.6 Å². The molecular formula is C15H22N2O3. The maximum atomic E-state index is 10.9. The molecule has 5 nitrogen and oxygen atoms in total. The lowest BCUT2D eigenvalue weighted by molar-refractivity contribution is -0.138. The van der Waals surface area contributed by atoms with Crippen LogP contribution in [0.15, 0.2) is 24.3 Å². The van der Waals surface area contributed by atoms with Crippen LogP contribution in [0.25, 0.3) is 0 Å². The molecule has 0 aliphatic carbocycles. The van der Waals surface area contributed by atoms with Gasteiger partial charge in [-0.1, -0.05) is 12.1 Å². The number of carboxylic acid groups (broad SMARTS) is 1. The molecule has 1 aromatic rings. The van der Waals surface area contributed by atoms with Crippen molar-refractivity contribution in [2.45, 2.75) is 12.0 Å². The van der Waals surface area contributed by atoms with Crippen LogP contribution in [0.4, 0.5) is 0 Å². The van der Waals surface area contributed by atoms with E-state index in [0.29, 0.717) is 12.0 Å². The molecule has 0 spiro atoms. The number of hydrogen-bond acceptors (Lipinski definition) is 4. The first-order chi connectivity index (χ1) is 9.51. The number of methoxy groups -OCH3 is 1. The van der Waals surface area contributed by atoms with Crippen molar-refractivity contribution >= 4 is 5.97 Å². The standard InChI is InChI=1S/C15H22N2O3/c1-16(2)14-9-17(10-15(18)19)8-13(14)11-5-4-6-12(7-11)20-3/h4-7,13-14H,8-10H2,1-3H3,(H,18,19)/t13-,14+/m1/s1. The molecule has 0 radical (unpaired) electrons. The molecule has 0 bridgehead atoms. The number of carboxylic acids is 1. The van der Waals surface area contributed by atoms with Gasteiger partial charge in [0.05, 0.1) is 13.7 Å². The summed E-state index contributed by atoms with van der Waals surface area (Å²) in [5.74, 6) is 0.380. The molecule has 1 aromatic carbocycles. The fraction of sp³-hybridized carbons (Fsp3) is 0.533. The summed E-state index contributed by atoms with van der Waals surface area (Å²) >= 11 is 0. The van der Waals surface area contributed by atoms with E-state index in [1.54, 1.807) is 7.11 Å². The van der Waals surface area contributed by atoms with Crippen molar-refractivity contribution in [3.63, 3.8) is 0 Å². The minimum absolute atomic E-state index is 0.102. The van der Waals surface area contributed by atoms with Crippen LogP contribution < -0.4 is 4.74 Å². The Bertz CT molecular complexity index is 476. The van der Waals surface area contributed by atoms with E-state index in [4.69, 9.17) is 9.84 Å². The van der Waals surface area contributed by atoms with Crippen LogP contribution in [0.1, 0.15) is 11.5 Å². The van der Waals surface area contributed by atoms with Crippen LogP contribution in [0, 0.1) is 0 Å². The first-order valence-electron chi connectivity index (χ1n) is 6.75. The van der Waals surface area contributed by atoms with E-state index in [0.717, 1.165) is 18.8 Å². The number of likely N-dealkylation sites (tertiary alicyclic amines) is 1. The average molecular weight is 278 g/mol. The molecule has 1 aliphatic heterocycles.